The molecule has 1 saturated carbocycles. The second-order valence-electron chi connectivity index (χ2n) is 9.15. The summed E-state index contributed by atoms with van der Waals surface area (Å²) in [5.74, 6) is 0.725. The number of piperidine rings is 1. The van der Waals surface area contributed by atoms with E-state index in [9.17, 15) is 9.59 Å². The van der Waals surface area contributed by atoms with Crippen molar-refractivity contribution in [2.75, 3.05) is 19.7 Å². The Morgan fingerprint density at radius 3 is 2.47 bits per heavy atom. The number of rotatable bonds is 8. The molecule has 1 aromatic rings. The van der Waals surface area contributed by atoms with Crippen molar-refractivity contribution >= 4 is 23.2 Å². The molecule has 2 fully saturated rings. The van der Waals surface area contributed by atoms with Gasteiger partial charge < -0.3 is 15.0 Å². The summed E-state index contributed by atoms with van der Waals surface area (Å²) in [5.41, 5.74) is 0. The average Bonchev–Trinajstić information content (AvgIpc) is 3.31. The molecule has 1 N–H and O–H groups in total. The Morgan fingerprint density at radius 1 is 1.17 bits per heavy atom. The molecular weight excluding hydrogens is 398 g/mol. The molecule has 2 unspecified atom stereocenters. The normalized spacial score (nSPS) is 20.9. The minimum absolute atomic E-state index is 0.0160. The summed E-state index contributed by atoms with van der Waals surface area (Å²) in [6.45, 7) is 7.70. The van der Waals surface area contributed by atoms with Gasteiger partial charge in [-0.25, -0.2) is 4.98 Å². The van der Waals surface area contributed by atoms with Crippen molar-refractivity contribution in [1.29, 1.82) is 0 Å². The van der Waals surface area contributed by atoms with Gasteiger partial charge in [0.2, 0.25) is 11.8 Å². The minimum atomic E-state index is -0.625. The highest BCUT2D eigenvalue weighted by Gasteiger charge is 2.34. The zero-order valence-corrected chi connectivity index (χ0v) is 19.5. The maximum absolute atomic E-state index is 13.4. The standard InChI is InChI=1S/C23H37N3O3S/c1-16(2)21(27)25-20(17(3)29-15-18-7-5-4-6-8-18)23(28)26-12-9-19(10-13-26)22-24-11-14-30-22/h11,14,16-20H,4-10,12-13,15H2,1-3H3,(H,25,27). The Hall–Kier alpha value is -1.47. The molecule has 3 rings (SSSR count). The Labute approximate surface area is 184 Å². The largest absolute Gasteiger partial charge is 0.376 e. The molecule has 1 saturated heterocycles. The van der Waals surface area contributed by atoms with Gasteiger partial charge in [0, 0.05) is 43.1 Å². The molecule has 2 aliphatic rings. The lowest BCUT2D eigenvalue weighted by molar-refractivity contribution is -0.142. The summed E-state index contributed by atoms with van der Waals surface area (Å²) in [5, 5.41) is 6.15. The molecule has 0 radical (unpaired) electrons. The molecule has 0 spiro atoms. The number of aromatic nitrogens is 1. The summed E-state index contributed by atoms with van der Waals surface area (Å²) in [7, 11) is 0. The van der Waals surface area contributed by atoms with Gasteiger partial charge in [-0.15, -0.1) is 11.3 Å². The van der Waals surface area contributed by atoms with Crippen LogP contribution >= 0.6 is 11.3 Å². The molecule has 0 bridgehead atoms. The lowest BCUT2D eigenvalue weighted by Gasteiger charge is -2.36. The van der Waals surface area contributed by atoms with Gasteiger partial charge in [-0.1, -0.05) is 33.1 Å². The van der Waals surface area contributed by atoms with E-state index in [-0.39, 0.29) is 23.8 Å². The van der Waals surface area contributed by atoms with Crippen LogP contribution in [0.1, 0.15) is 76.6 Å². The van der Waals surface area contributed by atoms with Crippen LogP contribution in [0.4, 0.5) is 0 Å². The van der Waals surface area contributed by atoms with Crippen LogP contribution in [-0.2, 0) is 14.3 Å². The number of nitrogens with one attached hydrogen (secondary N) is 1. The molecule has 1 aromatic heterocycles. The van der Waals surface area contributed by atoms with Gasteiger partial charge in [-0.05, 0) is 38.5 Å². The van der Waals surface area contributed by atoms with Crippen molar-refractivity contribution in [1.82, 2.24) is 15.2 Å². The van der Waals surface area contributed by atoms with E-state index in [1.165, 1.54) is 32.1 Å². The highest BCUT2D eigenvalue weighted by atomic mass is 32.1. The average molecular weight is 436 g/mol. The van der Waals surface area contributed by atoms with Crippen LogP contribution in [0.15, 0.2) is 11.6 Å². The van der Waals surface area contributed by atoms with Gasteiger partial charge in [0.25, 0.3) is 0 Å². The molecule has 7 heteroatoms. The van der Waals surface area contributed by atoms with Crippen LogP contribution in [0.2, 0.25) is 0 Å². The molecule has 2 heterocycles. The van der Waals surface area contributed by atoms with E-state index in [1.807, 2.05) is 37.2 Å². The Kier molecular flexibility index (Phi) is 8.69. The number of thiazole rings is 1. The predicted octanol–water partition coefficient (Wildman–Crippen LogP) is 3.98. The quantitative estimate of drug-likeness (QED) is 0.671. The van der Waals surface area contributed by atoms with Gasteiger partial charge >= 0.3 is 0 Å². The summed E-state index contributed by atoms with van der Waals surface area (Å²) in [4.78, 5) is 32.1. The predicted molar refractivity (Wildman–Crippen MR) is 119 cm³/mol. The number of amides is 2. The van der Waals surface area contributed by atoms with Crippen molar-refractivity contribution in [3.63, 3.8) is 0 Å². The summed E-state index contributed by atoms with van der Waals surface area (Å²) in [6, 6.07) is -0.625. The maximum atomic E-state index is 13.4. The molecule has 168 valence electrons. The lowest BCUT2D eigenvalue weighted by Crippen LogP contribution is -2.56. The van der Waals surface area contributed by atoms with Gasteiger partial charge in [-0.3, -0.25) is 9.59 Å². The summed E-state index contributed by atoms with van der Waals surface area (Å²) >= 11 is 1.69. The smallest absolute Gasteiger partial charge is 0.247 e. The van der Waals surface area contributed by atoms with Gasteiger partial charge in [0.15, 0.2) is 0 Å². The fraction of sp³-hybridized carbons (Fsp3) is 0.783. The first-order valence-electron chi connectivity index (χ1n) is 11.6. The number of hydrogen-bond acceptors (Lipinski definition) is 5. The number of ether oxygens (including phenoxy) is 1. The summed E-state index contributed by atoms with van der Waals surface area (Å²) in [6.07, 6.45) is 9.60. The highest BCUT2D eigenvalue weighted by molar-refractivity contribution is 7.09. The maximum Gasteiger partial charge on any atom is 0.247 e. The third kappa shape index (κ3) is 6.27. The molecule has 0 aromatic carbocycles. The zero-order chi connectivity index (χ0) is 21.5. The third-order valence-corrected chi connectivity index (χ3v) is 7.42. The molecule has 6 nitrogen and oxygen atoms in total. The topological polar surface area (TPSA) is 71.5 Å². The Bertz CT molecular complexity index is 665. The Balaban J connectivity index is 1.58. The lowest BCUT2D eigenvalue weighted by atomic mass is 9.90. The summed E-state index contributed by atoms with van der Waals surface area (Å²) < 4.78 is 6.15. The van der Waals surface area contributed by atoms with E-state index in [0.29, 0.717) is 31.5 Å². The van der Waals surface area contributed by atoms with Crippen LogP contribution in [0, 0.1) is 11.8 Å². The molecular formula is C23H37N3O3S. The van der Waals surface area contributed by atoms with Crippen molar-refractivity contribution in [2.45, 2.75) is 83.8 Å². The van der Waals surface area contributed by atoms with E-state index in [4.69, 9.17) is 4.74 Å². The fourth-order valence-corrected chi connectivity index (χ4v) is 5.23. The zero-order valence-electron chi connectivity index (χ0n) is 18.6. The van der Waals surface area contributed by atoms with Crippen molar-refractivity contribution in [2.24, 2.45) is 11.8 Å². The van der Waals surface area contributed by atoms with Gasteiger partial charge in [-0.2, -0.15) is 0 Å². The van der Waals surface area contributed by atoms with Gasteiger partial charge in [0.05, 0.1) is 11.1 Å². The fourth-order valence-electron chi connectivity index (χ4n) is 4.42. The Morgan fingerprint density at radius 2 is 1.87 bits per heavy atom. The van der Waals surface area contributed by atoms with E-state index < -0.39 is 6.04 Å². The first-order chi connectivity index (χ1) is 14.5. The number of carbonyl (C=O) groups excluding carboxylic acids is 2. The minimum Gasteiger partial charge on any atom is -0.376 e. The van der Waals surface area contributed by atoms with E-state index >= 15 is 0 Å². The monoisotopic (exact) mass is 435 g/mol. The van der Waals surface area contributed by atoms with Crippen LogP contribution in [0.5, 0.6) is 0 Å². The van der Waals surface area contributed by atoms with Crippen molar-refractivity contribution in [3.8, 4) is 0 Å². The van der Waals surface area contributed by atoms with Crippen LogP contribution in [0.25, 0.3) is 0 Å². The van der Waals surface area contributed by atoms with E-state index in [2.05, 4.69) is 10.3 Å². The number of likely N-dealkylation sites (tertiary alicyclic amines) is 1. The second-order valence-corrected chi connectivity index (χ2v) is 10.1. The number of nitrogens with zero attached hydrogens (tertiary/aromatic N) is 2. The van der Waals surface area contributed by atoms with Crippen LogP contribution in [-0.4, -0.2) is 53.5 Å². The van der Waals surface area contributed by atoms with E-state index in [1.54, 1.807) is 11.3 Å². The van der Waals surface area contributed by atoms with Crippen LogP contribution < -0.4 is 5.32 Å². The first-order valence-corrected chi connectivity index (χ1v) is 12.4. The third-order valence-electron chi connectivity index (χ3n) is 6.48. The first kappa shape index (κ1) is 23.2. The number of carbonyl (C=O) groups is 2. The molecule has 2 atom stereocenters. The number of hydrogen-bond donors (Lipinski definition) is 1. The van der Waals surface area contributed by atoms with Crippen LogP contribution in [0.3, 0.4) is 0 Å². The van der Waals surface area contributed by atoms with Crippen molar-refractivity contribution in [3.05, 3.63) is 16.6 Å². The highest BCUT2D eigenvalue weighted by Crippen LogP contribution is 2.30. The van der Waals surface area contributed by atoms with Gasteiger partial charge in [0.1, 0.15) is 6.04 Å². The molecule has 1 aliphatic heterocycles. The SMILES string of the molecule is CC(C)C(=O)NC(C(=O)N1CCC(c2nccs2)CC1)C(C)OCC1CCCCC1. The van der Waals surface area contributed by atoms with E-state index in [0.717, 1.165) is 17.8 Å². The van der Waals surface area contributed by atoms with Crippen molar-refractivity contribution < 1.29 is 14.3 Å². The molecule has 1 aliphatic carbocycles. The molecule has 2 amide bonds. The second kappa shape index (κ2) is 11.2. The molecule has 30 heavy (non-hydrogen) atoms.